The summed E-state index contributed by atoms with van der Waals surface area (Å²) in [4.78, 5) is 23.0. The van der Waals surface area contributed by atoms with Gasteiger partial charge >= 0.3 is 11.9 Å². The molecule has 0 heterocycles. The number of aliphatic carboxylic acids is 1. The molecule has 0 radical (unpaired) electrons. The van der Waals surface area contributed by atoms with E-state index >= 15 is 0 Å². The van der Waals surface area contributed by atoms with Crippen molar-refractivity contribution in [3.8, 4) is 0 Å². The number of ether oxygens (including phenoxy) is 1. The second kappa shape index (κ2) is 34.4. The van der Waals surface area contributed by atoms with Crippen LogP contribution in [0, 0.1) is 0 Å². The number of carbonyl (C=O) groups excluding carboxylic acids is 1. The van der Waals surface area contributed by atoms with Crippen molar-refractivity contribution in [1.82, 2.24) is 0 Å². The summed E-state index contributed by atoms with van der Waals surface area (Å²) >= 11 is 0. The molecule has 1 atom stereocenters. The van der Waals surface area contributed by atoms with Gasteiger partial charge in [-0.1, -0.05) is 181 Å². The Hall–Kier alpha value is -1.06. The van der Waals surface area contributed by atoms with Gasteiger partial charge in [-0.2, -0.15) is 0 Å². The van der Waals surface area contributed by atoms with Crippen LogP contribution in [0.4, 0.5) is 0 Å². The lowest BCUT2D eigenvalue weighted by Crippen LogP contribution is -2.18. The standard InChI is InChI=1S/C38H74O4/c1-3-5-7-8-9-10-11-12-13-14-15-16-17-18-19-20-21-22-23-24-25-26-27-31-35-38(41)42-36(32-6-4-2)33-29-28-30-34-37(39)40/h36H,3-35H2,1-2H3,(H,39,40). The summed E-state index contributed by atoms with van der Waals surface area (Å²) in [5, 5.41) is 8.76. The summed E-state index contributed by atoms with van der Waals surface area (Å²) in [5.74, 6) is -0.769. The molecule has 4 heteroatoms. The molecule has 42 heavy (non-hydrogen) atoms. The number of esters is 1. The number of unbranched alkanes of at least 4 members (excludes halogenated alkanes) is 26. The van der Waals surface area contributed by atoms with Crippen molar-refractivity contribution >= 4 is 11.9 Å². The Balaban J connectivity index is 3.40. The third-order valence-electron chi connectivity index (χ3n) is 8.83. The van der Waals surface area contributed by atoms with Gasteiger partial charge in [0.15, 0.2) is 0 Å². The zero-order valence-electron chi connectivity index (χ0n) is 28.6. The maximum atomic E-state index is 12.3. The van der Waals surface area contributed by atoms with Crippen LogP contribution in [0.25, 0.3) is 0 Å². The van der Waals surface area contributed by atoms with E-state index in [-0.39, 0.29) is 18.5 Å². The van der Waals surface area contributed by atoms with E-state index in [0.29, 0.717) is 12.8 Å². The molecule has 0 aromatic carbocycles. The molecule has 0 fully saturated rings. The van der Waals surface area contributed by atoms with Gasteiger partial charge in [-0.25, -0.2) is 0 Å². The average Bonchev–Trinajstić information content (AvgIpc) is 2.97. The van der Waals surface area contributed by atoms with Crippen molar-refractivity contribution in [2.24, 2.45) is 0 Å². The van der Waals surface area contributed by atoms with E-state index in [1.54, 1.807) is 0 Å². The maximum absolute atomic E-state index is 12.3. The number of carboxylic acid groups (broad SMARTS) is 1. The first kappa shape index (κ1) is 40.9. The van der Waals surface area contributed by atoms with Gasteiger partial charge in [0.05, 0.1) is 0 Å². The zero-order chi connectivity index (χ0) is 30.8. The Morgan fingerprint density at radius 1 is 0.429 bits per heavy atom. The van der Waals surface area contributed by atoms with Crippen molar-refractivity contribution in [1.29, 1.82) is 0 Å². The molecular formula is C38H74O4. The maximum Gasteiger partial charge on any atom is 0.306 e. The second-order valence-electron chi connectivity index (χ2n) is 13.1. The summed E-state index contributed by atoms with van der Waals surface area (Å²) in [5.41, 5.74) is 0. The van der Waals surface area contributed by atoms with E-state index < -0.39 is 5.97 Å². The second-order valence-corrected chi connectivity index (χ2v) is 13.1. The summed E-state index contributed by atoms with van der Waals surface area (Å²) in [6, 6.07) is 0. The zero-order valence-corrected chi connectivity index (χ0v) is 28.6. The molecule has 0 saturated heterocycles. The normalized spacial score (nSPS) is 12.0. The first-order valence-corrected chi connectivity index (χ1v) is 19.0. The van der Waals surface area contributed by atoms with E-state index in [1.807, 2.05) is 0 Å². The van der Waals surface area contributed by atoms with E-state index in [0.717, 1.165) is 51.4 Å². The molecule has 0 aliphatic rings. The Kier molecular flexibility index (Phi) is 33.6. The van der Waals surface area contributed by atoms with E-state index in [4.69, 9.17) is 9.84 Å². The molecule has 0 aromatic rings. The lowest BCUT2D eigenvalue weighted by Gasteiger charge is -2.17. The lowest BCUT2D eigenvalue weighted by atomic mass is 10.0. The average molecular weight is 595 g/mol. The van der Waals surface area contributed by atoms with Crippen LogP contribution in [0.5, 0.6) is 0 Å². The van der Waals surface area contributed by atoms with Gasteiger partial charge in [0.1, 0.15) is 6.10 Å². The quantitative estimate of drug-likeness (QED) is 0.0585. The summed E-state index contributed by atoms with van der Waals surface area (Å²) in [7, 11) is 0. The molecule has 1 unspecified atom stereocenters. The predicted octanol–water partition coefficient (Wildman–Crippen LogP) is 12.9. The molecule has 0 aromatic heterocycles. The van der Waals surface area contributed by atoms with Gasteiger partial charge in [-0.15, -0.1) is 0 Å². The SMILES string of the molecule is CCCCCCCCCCCCCCCCCCCCCCCCCCC(=O)OC(CCCC)CCCCCC(=O)O. The van der Waals surface area contributed by atoms with Crippen LogP contribution >= 0.6 is 0 Å². The molecule has 4 nitrogen and oxygen atoms in total. The van der Waals surface area contributed by atoms with Gasteiger partial charge in [0.2, 0.25) is 0 Å². The highest BCUT2D eigenvalue weighted by molar-refractivity contribution is 5.69. The topological polar surface area (TPSA) is 63.6 Å². The van der Waals surface area contributed by atoms with E-state index in [1.165, 1.54) is 141 Å². The highest BCUT2D eigenvalue weighted by Crippen LogP contribution is 2.18. The summed E-state index contributed by atoms with van der Waals surface area (Å²) < 4.78 is 5.78. The Morgan fingerprint density at radius 2 is 0.738 bits per heavy atom. The molecule has 0 rings (SSSR count). The minimum atomic E-state index is -0.727. The predicted molar refractivity (Wildman–Crippen MR) is 181 cm³/mol. The van der Waals surface area contributed by atoms with Crippen molar-refractivity contribution in [3.63, 3.8) is 0 Å². The number of carboxylic acids is 1. The molecule has 0 amide bonds. The molecule has 0 bridgehead atoms. The van der Waals surface area contributed by atoms with Gasteiger partial charge in [0, 0.05) is 12.8 Å². The molecule has 250 valence electrons. The van der Waals surface area contributed by atoms with E-state index in [9.17, 15) is 9.59 Å². The van der Waals surface area contributed by atoms with Crippen LogP contribution in [-0.2, 0) is 14.3 Å². The van der Waals surface area contributed by atoms with Crippen molar-refractivity contribution in [3.05, 3.63) is 0 Å². The van der Waals surface area contributed by atoms with Crippen LogP contribution in [0.3, 0.4) is 0 Å². The molecule has 0 spiro atoms. The van der Waals surface area contributed by atoms with Crippen LogP contribution in [0.2, 0.25) is 0 Å². The lowest BCUT2D eigenvalue weighted by molar-refractivity contribution is -0.150. The van der Waals surface area contributed by atoms with Gasteiger partial charge in [-0.3, -0.25) is 9.59 Å². The number of hydrogen-bond acceptors (Lipinski definition) is 3. The van der Waals surface area contributed by atoms with Gasteiger partial charge < -0.3 is 9.84 Å². The first-order valence-electron chi connectivity index (χ1n) is 19.0. The fourth-order valence-electron chi connectivity index (χ4n) is 6.00. The molecular weight excluding hydrogens is 520 g/mol. The molecule has 0 aliphatic carbocycles. The largest absolute Gasteiger partial charge is 0.481 e. The third kappa shape index (κ3) is 33.4. The van der Waals surface area contributed by atoms with E-state index in [2.05, 4.69) is 13.8 Å². The van der Waals surface area contributed by atoms with Gasteiger partial charge in [-0.05, 0) is 32.1 Å². The van der Waals surface area contributed by atoms with Gasteiger partial charge in [0.25, 0.3) is 0 Å². The Morgan fingerprint density at radius 3 is 1.12 bits per heavy atom. The van der Waals surface area contributed by atoms with Crippen molar-refractivity contribution in [2.75, 3.05) is 0 Å². The van der Waals surface area contributed by atoms with Crippen LogP contribution in [0.15, 0.2) is 0 Å². The highest BCUT2D eigenvalue weighted by Gasteiger charge is 2.14. The first-order chi connectivity index (χ1) is 20.6. The van der Waals surface area contributed by atoms with Crippen LogP contribution < -0.4 is 0 Å². The fourth-order valence-corrected chi connectivity index (χ4v) is 6.00. The Bertz CT molecular complexity index is 561. The van der Waals surface area contributed by atoms with Crippen LogP contribution in [0.1, 0.15) is 226 Å². The third-order valence-corrected chi connectivity index (χ3v) is 8.83. The minimum absolute atomic E-state index is 0.0108. The fraction of sp³-hybridized carbons (Fsp3) is 0.947. The van der Waals surface area contributed by atoms with Crippen molar-refractivity contribution in [2.45, 2.75) is 232 Å². The minimum Gasteiger partial charge on any atom is -0.481 e. The number of rotatable bonds is 35. The molecule has 0 aliphatic heterocycles. The number of carbonyl (C=O) groups is 2. The molecule has 1 N–H and O–H groups in total. The monoisotopic (exact) mass is 595 g/mol. The van der Waals surface area contributed by atoms with Crippen molar-refractivity contribution < 1.29 is 19.4 Å². The summed E-state index contributed by atoms with van der Waals surface area (Å²) in [6.07, 6.45) is 40.5. The molecule has 0 saturated carbocycles. The van der Waals surface area contributed by atoms with Crippen LogP contribution in [-0.4, -0.2) is 23.1 Å². The summed E-state index contributed by atoms with van der Waals surface area (Å²) in [6.45, 7) is 4.45. The number of hydrogen-bond donors (Lipinski definition) is 1. The Labute approximate surface area is 262 Å². The highest BCUT2D eigenvalue weighted by atomic mass is 16.5. The smallest absolute Gasteiger partial charge is 0.306 e.